The fourth-order valence-corrected chi connectivity index (χ4v) is 2.59. The zero-order valence-electron chi connectivity index (χ0n) is 14.4. The van der Waals surface area contributed by atoms with E-state index in [1.165, 1.54) is 0 Å². The van der Waals surface area contributed by atoms with Gasteiger partial charge in [0.1, 0.15) is 0 Å². The molecule has 3 nitrogen and oxygen atoms in total. The van der Waals surface area contributed by atoms with E-state index in [2.05, 4.69) is 20.8 Å². The maximum absolute atomic E-state index is 12.6. The minimum absolute atomic E-state index is 0.0275. The Hall–Kier alpha value is -0.860. The quantitative estimate of drug-likeness (QED) is 0.643. The summed E-state index contributed by atoms with van der Waals surface area (Å²) < 4.78 is 0. The standard InChI is InChI=1S/C17H33NO2/c1-8-10-14(9-2)17(20)18(7)15(11-12(3)4)16(19)13(5)6/h12-15H,8-11H2,1-7H3/t14?,15-/m1/s1. The lowest BCUT2D eigenvalue weighted by molar-refractivity contribution is -0.143. The lowest BCUT2D eigenvalue weighted by Gasteiger charge is -2.32. The van der Waals surface area contributed by atoms with Crippen LogP contribution in [-0.2, 0) is 9.59 Å². The van der Waals surface area contributed by atoms with E-state index in [1.807, 2.05) is 20.8 Å². The number of hydrogen-bond acceptors (Lipinski definition) is 2. The molecule has 118 valence electrons. The van der Waals surface area contributed by atoms with E-state index in [1.54, 1.807) is 11.9 Å². The number of ketones is 1. The first-order valence-corrected chi connectivity index (χ1v) is 8.06. The van der Waals surface area contributed by atoms with E-state index in [4.69, 9.17) is 0 Å². The number of Topliss-reactive ketones (excluding diaryl/α,β-unsaturated/α-hetero) is 1. The maximum Gasteiger partial charge on any atom is 0.226 e. The molecule has 0 rings (SSSR count). The Labute approximate surface area is 125 Å². The summed E-state index contributed by atoms with van der Waals surface area (Å²) in [5.74, 6) is 0.749. The van der Waals surface area contributed by atoms with Crippen LogP contribution in [0.4, 0.5) is 0 Å². The van der Waals surface area contributed by atoms with Gasteiger partial charge in [-0.15, -0.1) is 0 Å². The Morgan fingerprint density at radius 2 is 1.60 bits per heavy atom. The van der Waals surface area contributed by atoms with Crippen molar-refractivity contribution in [3.05, 3.63) is 0 Å². The van der Waals surface area contributed by atoms with Gasteiger partial charge in [-0.1, -0.05) is 48.0 Å². The molecule has 2 atom stereocenters. The minimum atomic E-state index is -0.270. The molecule has 0 fully saturated rings. The van der Waals surface area contributed by atoms with Crippen molar-refractivity contribution in [2.75, 3.05) is 7.05 Å². The average Bonchev–Trinajstić information content (AvgIpc) is 2.39. The van der Waals surface area contributed by atoms with E-state index >= 15 is 0 Å². The largest absolute Gasteiger partial charge is 0.335 e. The van der Waals surface area contributed by atoms with Crippen molar-refractivity contribution in [2.24, 2.45) is 17.8 Å². The fraction of sp³-hybridized carbons (Fsp3) is 0.882. The summed E-state index contributed by atoms with van der Waals surface area (Å²) >= 11 is 0. The van der Waals surface area contributed by atoms with Crippen LogP contribution in [0.5, 0.6) is 0 Å². The van der Waals surface area contributed by atoms with Crippen molar-refractivity contribution in [2.45, 2.75) is 73.3 Å². The van der Waals surface area contributed by atoms with Crippen molar-refractivity contribution in [3.63, 3.8) is 0 Å². The van der Waals surface area contributed by atoms with Crippen molar-refractivity contribution < 1.29 is 9.59 Å². The second-order valence-electron chi connectivity index (χ2n) is 6.55. The Balaban J connectivity index is 5.05. The normalized spacial score (nSPS) is 14.4. The Morgan fingerprint density at radius 1 is 1.05 bits per heavy atom. The molecule has 0 saturated carbocycles. The molecule has 1 amide bonds. The number of hydrogen-bond donors (Lipinski definition) is 0. The molecule has 1 unspecified atom stereocenters. The van der Waals surface area contributed by atoms with Crippen LogP contribution < -0.4 is 0 Å². The highest BCUT2D eigenvalue weighted by Crippen LogP contribution is 2.20. The summed E-state index contributed by atoms with van der Waals surface area (Å²) in [6, 6.07) is -0.270. The smallest absolute Gasteiger partial charge is 0.226 e. The highest BCUT2D eigenvalue weighted by Gasteiger charge is 2.31. The summed E-state index contributed by atoms with van der Waals surface area (Å²) in [6.45, 7) is 12.2. The van der Waals surface area contributed by atoms with Gasteiger partial charge in [0.2, 0.25) is 5.91 Å². The first-order chi connectivity index (χ1) is 9.26. The van der Waals surface area contributed by atoms with Gasteiger partial charge >= 0.3 is 0 Å². The molecule has 3 heteroatoms. The highest BCUT2D eigenvalue weighted by atomic mass is 16.2. The minimum Gasteiger partial charge on any atom is -0.335 e. The number of likely N-dealkylation sites (N-methyl/N-ethyl adjacent to an activating group) is 1. The van der Waals surface area contributed by atoms with Gasteiger partial charge in [0, 0.05) is 18.9 Å². The van der Waals surface area contributed by atoms with Crippen LogP contribution in [-0.4, -0.2) is 29.7 Å². The third kappa shape index (κ3) is 5.64. The van der Waals surface area contributed by atoms with Crippen LogP contribution in [0, 0.1) is 17.8 Å². The molecule has 0 aromatic carbocycles. The number of amides is 1. The molecule has 0 N–H and O–H groups in total. The Kier molecular flexibility index (Phi) is 8.75. The lowest BCUT2D eigenvalue weighted by atomic mass is 9.91. The number of nitrogens with zero attached hydrogens (tertiary/aromatic N) is 1. The van der Waals surface area contributed by atoms with Crippen LogP contribution in [0.25, 0.3) is 0 Å². The third-order valence-electron chi connectivity index (χ3n) is 3.89. The summed E-state index contributed by atoms with van der Waals surface area (Å²) in [4.78, 5) is 26.7. The number of carbonyl (C=O) groups is 2. The number of rotatable bonds is 9. The molecule has 0 radical (unpaired) electrons. The number of carbonyl (C=O) groups excluding carboxylic acids is 2. The first-order valence-electron chi connectivity index (χ1n) is 8.06. The zero-order chi connectivity index (χ0) is 15.9. The molecular weight excluding hydrogens is 250 g/mol. The molecule has 0 spiro atoms. The van der Waals surface area contributed by atoms with Gasteiger partial charge in [-0.05, 0) is 25.2 Å². The predicted molar refractivity (Wildman–Crippen MR) is 84.5 cm³/mol. The van der Waals surface area contributed by atoms with Crippen molar-refractivity contribution in [3.8, 4) is 0 Å². The SMILES string of the molecule is CCCC(CC)C(=O)N(C)[C@H](CC(C)C)C(=O)C(C)C. The lowest BCUT2D eigenvalue weighted by Crippen LogP contribution is -2.47. The molecule has 0 aliphatic carbocycles. The molecule has 0 aliphatic rings. The molecule has 0 aromatic rings. The molecule has 20 heavy (non-hydrogen) atoms. The fourth-order valence-electron chi connectivity index (χ4n) is 2.59. The first kappa shape index (κ1) is 19.1. The maximum atomic E-state index is 12.6. The van der Waals surface area contributed by atoms with Gasteiger partial charge in [0.25, 0.3) is 0 Å². The summed E-state index contributed by atoms with van der Waals surface area (Å²) in [6.07, 6.45) is 3.51. The molecule has 0 heterocycles. The molecule has 0 aromatic heterocycles. The van der Waals surface area contributed by atoms with E-state index in [0.29, 0.717) is 5.92 Å². The topological polar surface area (TPSA) is 37.4 Å². The van der Waals surface area contributed by atoms with E-state index in [0.717, 1.165) is 25.7 Å². The van der Waals surface area contributed by atoms with Crippen LogP contribution in [0.15, 0.2) is 0 Å². The molecule has 0 aliphatic heterocycles. The van der Waals surface area contributed by atoms with Gasteiger partial charge in [0.05, 0.1) is 6.04 Å². The van der Waals surface area contributed by atoms with E-state index in [9.17, 15) is 9.59 Å². The average molecular weight is 283 g/mol. The summed E-state index contributed by atoms with van der Waals surface area (Å²) in [7, 11) is 1.80. The van der Waals surface area contributed by atoms with Crippen LogP contribution in [0.1, 0.15) is 67.2 Å². The van der Waals surface area contributed by atoms with Gasteiger partial charge in [-0.3, -0.25) is 9.59 Å². The molecule has 0 bridgehead atoms. The zero-order valence-corrected chi connectivity index (χ0v) is 14.4. The summed E-state index contributed by atoms with van der Waals surface area (Å²) in [5.41, 5.74) is 0. The predicted octanol–water partition coefficient (Wildman–Crippen LogP) is 3.91. The summed E-state index contributed by atoms with van der Waals surface area (Å²) in [5, 5.41) is 0. The second kappa shape index (κ2) is 9.15. The Morgan fingerprint density at radius 3 is 1.95 bits per heavy atom. The van der Waals surface area contributed by atoms with Gasteiger partial charge < -0.3 is 4.90 Å². The van der Waals surface area contributed by atoms with Crippen molar-refractivity contribution in [1.82, 2.24) is 4.90 Å². The second-order valence-corrected chi connectivity index (χ2v) is 6.55. The van der Waals surface area contributed by atoms with Gasteiger partial charge in [0.15, 0.2) is 5.78 Å². The van der Waals surface area contributed by atoms with Crippen LogP contribution >= 0.6 is 0 Å². The van der Waals surface area contributed by atoms with Crippen molar-refractivity contribution in [1.29, 1.82) is 0 Å². The van der Waals surface area contributed by atoms with Crippen LogP contribution in [0.2, 0.25) is 0 Å². The van der Waals surface area contributed by atoms with Crippen molar-refractivity contribution >= 4 is 11.7 Å². The molecular formula is C17H33NO2. The molecule has 0 saturated heterocycles. The van der Waals surface area contributed by atoms with E-state index in [-0.39, 0.29) is 29.6 Å². The monoisotopic (exact) mass is 283 g/mol. The third-order valence-corrected chi connectivity index (χ3v) is 3.89. The van der Waals surface area contributed by atoms with Gasteiger partial charge in [-0.2, -0.15) is 0 Å². The highest BCUT2D eigenvalue weighted by molar-refractivity contribution is 5.90. The Bertz CT molecular complexity index is 310. The van der Waals surface area contributed by atoms with Gasteiger partial charge in [-0.25, -0.2) is 0 Å². The van der Waals surface area contributed by atoms with Crippen LogP contribution in [0.3, 0.4) is 0 Å². The van der Waals surface area contributed by atoms with E-state index < -0.39 is 0 Å².